The lowest BCUT2D eigenvalue weighted by Crippen LogP contribution is -2.51. The Bertz CT molecular complexity index is 3690. The molecule has 11 N–H and O–H groups in total. The summed E-state index contributed by atoms with van der Waals surface area (Å²) in [4.78, 5) is 114. The van der Waals surface area contributed by atoms with Crippen LogP contribution in [0.1, 0.15) is 81.3 Å². The van der Waals surface area contributed by atoms with Gasteiger partial charge in [-0.3, -0.25) is 37.1 Å². The Morgan fingerprint density at radius 2 is 1.05 bits per heavy atom. The fourth-order valence-electron chi connectivity index (χ4n) is 11.0. The van der Waals surface area contributed by atoms with E-state index in [2.05, 4.69) is 19.9 Å². The Morgan fingerprint density at radius 1 is 0.627 bits per heavy atom. The lowest BCUT2D eigenvalue weighted by Gasteiger charge is -2.38. The number of aromatic amines is 1. The summed E-state index contributed by atoms with van der Waals surface area (Å²) < 4.78 is 79.1. The fraction of sp³-hybridized carbons (Fsp3) is 0.644. The molecule has 0 amide bonds. The quantitative estimate of drug-likeness (QED) is 0.0546. The van der Waals surface area contributed by atoms with Crippen LogP contribution in [0, 0.1) is 33.6 Å². The van der Waals surface area contributed by atoms with Gasteiger partial charge in [0.05, 0.1) is 50.3 Å². The highest BCUT2D eigenvalue weighted by Gasteiger charge is 2.71. The molecule has 4 aromatic heterocycles. The average molecular weight is 1280 g/mol. The van der Waals surface area contributed by atoms with Crippen molar-refractivity contribution >= 4 is 73.0 Å². The molecule has 0 spiro atoms. The van der Waals surface area contributed by atoms with Crippen LogP contribution in [0.3, 0.4) is 0 Å². The van der Waals surface area contributed by atoms with E-state index < -0.39 is 171 Å². The number of aliphatic hydroxyl groups is 1. The van der Waals surface area contributed by atoms with Crippen LogP contribution in [0.5, 0.6) is 0 Å². The van der Waals surface area contributed by atoms with Crippen molar-refractivity contribution in [2.24, 2.45) is 5.92 Å². The standard InChI is InChI=1S/C45H62N11O21P3S3/c1-17-10-54(40(59)49-33(17)46)37-21(5)28(57)26(72-37)14-66-78(63,81)76-31-29-38(55-11-18(2)34(47)50-41(55)60)74-45(31,24(8)70-29)16-68-80(65,83)77-32-30-39(56-12-19(3)35(48)51-42(56)61)73-44(32,23(7)71-30)15-67-79(64,82)75-25-9-27(69-22(25)6)53-13-20(4)36(58)52-43(53)62/h10-13,21-32,37-39,57H,9,14-16H2,1-8H3,(H,63,81)(H,64,82)(H,65,83)(H2,46,49,59)(H2,47,50,60)(H2,48,51,61)(H,52,58,62)/t21-,22+,23-,24-,25?,26+,27+,28?,29-,30-,31?,32?,37+,38+,39+,44-,45-,78?,79?,80?/m0/s1. The van der Waals surface area contributed by atoms with E-state index >= 15 is 0 Å². The third kappa shape index (κ3) is 11.6. The van der Waals surface area contributed by atoms with Gasteiger partial charge in [0.15, 0.2) is 12.5 Å². The maximum Gasteiger partial charge on any atom is 0.351 e. The Hall–Kier alpha value is -3.97. The predicted molar refractivity (Wildman–Crippen MR) is 299 cm³/mol. The molecule has 6 fully saturated rings. The zero-order valence-electron chi connectivity index (χ0n) is 45.5. The van der Waals surface area contributed by atoms with Crippen LogP contribution in [0.25, 0.3) is 0 Å². The molecule has 456 valence electrons. The van der Waals surface area contributed by atoms with Gasteiger partial charge in [0.25, 0.3) is 5.56 Å². The van der Waals surface area contributed by atoms with E-state index in [1.165, 1.54) is 40.8 Å². The molecular weight excluding hydrogens is 1220 g/mol. The number of ether oxygens (including phenoxy) is 6. The minimum Gasteiger partial charge on any atom is -0.390 e. The highest BCUT2D eigenvalue weighted by molar-refractivity contribution is 8.07. The molecule has 10 heterocycles. The van der Waals surface area contributed by atoms with Gasteiger partial charge in [-0.2, -0.15) is 15.0 Å². The molecular formula is C45H62N11O21P3S3. The largest absolute Gasteiger partial charge is 0.390 e. The molecule has 0 radical (unpaired) electrons. The number of nitrogens with zero attached hydrogens (tertiary/aromatic N) is 7. The summed E-state index contributed by atoms with van der Waals surface area (Å²) in [5.41, 5.74) is 11.7. The minimum absolute atomic E-state index is 0.00720. The number of hydrogen-bond donors (Lipinski definition) is 8. The minimum atomic E-state index is -4.69. The van der Waals surface area contributed by atoms with Gasteiger partial charge in [0.1, 0.15) is 71.6 Å². The number of fused-ring (bicyclic) bond motifs is 4. The second-order valence-electron chi connectivity index (χ2n) is 21.3. The Morgan fingerprint density at radius 3 is 1.52 bits per heavy atom. The van der Waals surface area contributed by atoms with Crippen LogP contribution in [0.2, 0.25) is 0 Å². The fourth-order valence-corrected chi connectivity index (χ4v) is 15.4. The third-order valence-electron chi connectivity index (χ3n) is 15.8. The normalized spacial score (nSPS) is 35.9. The second-order valence-corrected chi connectivity index (χ2v) is 29.7. The van der Waals surface area contributed by atoms with Gasteiger partial charge in [-0.05, 0) is 83.9 Å². The van der Waals surface area contributed by atoms with Crippen molar-refractivity contribution < 1.29 is 75.4 Å². The first-order valence-corrected chi connectivity index (χ1v) is 33.5. The molecule has 83 heavy (non-hydrogen) atoms. The first-order valence-electron chi connectivity index (χ1n) is 25.7. The molecule has 4 bridgehead atoms. The number of nitrogens with two attached hydrogens (primary N) is 3. The summed E-state index contributed by atoms with van der Waals surface area (Å²) >= 11 is 16.8. The number of anilines is 3. The van der Waals surface area contributed by atoms with Crippen molar-refractivity contribution in [3.63, 3.8) is 0 Å². The van der Waals surface area contributed by atoms with Gasteiger partial charge >= 0.3 is 42.9 Å². The van der Waals surface area contributed by atoms with Gasteiger partial charge in [0, 0.05) is 59.4 Å². The lowest BCUT2D eigenvalue weighted by atomic mass is 9.94. The zero-order chi connectivity index (χ0) is 60.4. The number of nitrogen functional groups attached to an aromatic ring is 3. The van der Waals surface area contributed by atoms with Gasteiger partial charge in [0.2, 0.25) is 0 Å². The van der Waals surface area contributed by atoms with Crippen LogP contribution in [-0.2, 0) is 91.0 Å². The molecule has 4 aromatic rings. The predicted octanol–water partition coefficient (Wildman–Crippen LogP) is -0.545. The van der Waals surface area contributed by atoms with Crippen LogP contribution < -0.4 is 45.5 Å². The highest BCUT2D eigenvalue weighted by Crippen LogP contribution is 2.62. The SMILES string of the molecule is Cc1cn([C@@H]2O[C@H](COP(O)(=S)OC3[C@@H]4O[C@@H](C)[C@]3(COP(O)(=S)OC3[C@@H]5O[C@@H](C)[C@]3(COP(O)(=S)OC3C[C@H](n6cc(C)c(=O)[nH]c6=O)O[C@@H]3C)O[C@H]5n3cc(C)c(N)nc3=O)O[C@H]4n3cc(C)c(N)nc3=O)C(O)[C@@H]2C)c(=O)nc1N. The first kappa shape index (κ1) is 62.1. The van der Waals surface area contributed by atoms with Crippen molar-refractivity contribution in [3.05, 3.63) is 99.3 Å². The zero-order valence-corrected chi connectivity index (χ0v) is 50.6. The Kier molecular flexibility index (Phi) is 16.9. The summed E-state index contributed by atoms with van der Waals surface area (Å²) in [5, 5.41) is 11.3. The van der Waals surface area contributed by atoms with Crippen LogP contribution in [0.4, 0.5) is 17.5 Å². The summed E-state index contributed by atoms with van der Waals surface area (Å²) in [6.45, 7) is -2.79. The molecule has 38 heteroatoms. The summed E-state index contributed by atoms with van der Waals surface area (Å²) in [6, 6.07) is 0. The van der Waals surface area contributed by atoms with E-state index in [1.807, 2.05) is 0 Å². The van der Waals surface area contributed by atoms with Crippen LogP contribution in [-0.4, -0.2) is 150 Å². The topological polar surface area (TPSA) is 429 Å². The first-order chi connectivity index (χ1) is 38.7. The van der Waals surface area contributed by atoms with Gasteiger partial charge in [-0.15, -0.1) is 0 Å². The van der Waals surface area contributed by atoms with E-state index in [1.54, 1.807) is 48.5 Å². The van der Waals surface area contributed by atoms with Gasteiger partial charge < -0.3 is 83.5 Å². The van der Waals surface area contributed by atoms with Crippen molar-refractivity contribution in [3.8, 4) is 0 Å². The number of rotatable bonds is 19. The van der Waals surface area contributed by atoms with E-state index in [4.69, 9.17) is 108 Å². The number of H-pyrrole nitrogens is 1. The smallest absolute Gasteiger partial charge is 0.351 e. The highest BCUT2D eigenvalue weighted by atomic mass is 32.5. The van der Waals surface area contributed by atoms with Crippen LogP contribution >= 0.6 is 20.2 Å². The average Bonchev–Trinajstić information content (AvgIpc) is 1.80. The molecule has 6 aliphatic rings. The van der Waals surface area contributed by atoms with E-state index in [-0.39, 0.29) is 29.4 Å². The molecule has 6 aliphatic heterocycles. The maximum atomic E-state index is 13.5. The van der Waals surface area contributed by atoms with Gasteiger partial charge in [-0.25, -0.2) is 19.2 Å². The van der Waals surface area contributed by atoms with E-state index in [0.717, 1.165) is 9.13 Å². The summed E-state index contributed by atoms with van der Waals surface area (Å²) in [7, 11) is 0. The number of aliphatic hydroxyl groups excluding tert-OH is 1. The maximum absolute atomic E-state index is 13.5. The molecule has 0 aliphatic carbocycles. The van der Waals surface area contributed by atoms with Crippen molar-refractivity contribution in [1.82, 2.24) is 38.2 Å². The second kappa shape index (κ2) is 22.6. The molecule has 20 atom stereocenters. The molecule has 6 saturated heterocycles. The van der Waals surface area contributed by atoms with Gasteiger partial charge in [-0.1, -0.05) is 6.92 Å². The number of nitrogens with one attached hydrogen (secondary N) is 1. The molecule has 32 nitrogen and oxygen atoms in total. The summed E-state index contributed by atoms with van der Waals surface area (Å²) in [5.74, 6) is -0.801. The molecule has 0 saturated carbocycles. The number of hydrogen-bond acceptors (Lipinski definition) is 27. The molecule has 10 rings (SSSR count). The summed E-state index contributed by atoms with van der Waals surface area (Å²) in [6.07, 6.45) is -11.0. The monoisotopic (exact) mass is 1280 g/mol. The van der Waals surface area contributed by atoms with Crippen molar-refractivity contribution in [1.29, 1.82) is 0 Å². The van der Waals surface area contributed by atoms with E-state index in [9.17, 15) is 43.8 Å². The number of aromatic nitrogens is 8. The van der Waals surface area contributed by atoms with Crippen molar-refractivity contribution in [2.45, 2.75) is 159 Å². The third-order valence-corrected chi connectivity index (χ3v) is 20.4. The molecule has 7 unspecified atom stereocenters. The Balaban J connectivity index is 0.903. The van der Waals surface area contributed by atoms with Crippen LogP contribution in [0.15, 0.2) is 48.8 Å². The lowest BCUT2D eigenvalue weighted by molar-refractivity contribution is -0.218. The van der Waals surface area contributed by atoms with E-state index in [0.29, 0.717) is 16.7 Å². The van der Waals surface area contributed by atoms with Crippen molar-refractivity contribution in [2.75, 3.05) is 37.0 Å². The number of aryl methyl sites for hydroxylation is 4. The Labute approximate surface area is 485 Å². The molecule has 0 aromatic carbocycles.